The van der Waals surface area contributed by atoms with Gasteiger partial charge in [-0.1, -0.05) is 17.3 Å². The molecule has 3 atom stereocenters. The molecule has 2 aromatic rings. The zero-order chi connectivity index (χ0) is 31.5. The molecule has 14 heteroatoms. The van der Waals surface area contributed by atoms with Crippen LogP contribution < -0.4 is 20.1 Å². The van der Waals surface area contributed by atoms with Crippen molar-refractivity contribution in [2.45, 2.75) is 31.5 Å². The van der Waals surface area contributed by atoms with Crippen LogP contribution in [0.2, 0.25) is 0 Å². The molecule has 1 aliphatic rings. The molecular formula is C29H34N4O10. The highest BCUT2D eigenvalue weighted by Gasteiger charge is 2.45. The van der Waals surface area contributed by atoms with E-state index in [9.17, 15) is 24.0 Å². The van der Waals surface area contributed by atoms with Crippen LogP contribution in [0.4, 0.5) is 0 Å². The van der Waals surface area contributed by atoms with Crippen molar-refractivity contribution in [1.82, 2.24) is 15.5 Å². The van der Waals surface area contributed by atoms with Crippen molar-refractivity contribution < 1.29 is 47.8 Å². The first-order valence-corrected chi connectivity index (χ1v) is 13.2. The molecule has 43 heavy (non-hydrogen) atoms. The fourth-order valence-electron chi connectivity index (χ4n) is 4.32. The second-order valence-electron chi connectivity index (χ2n) is 9.28. The van der Waals surface area contributed by atoms with Gasteiger partial charge in [-0.25, -0.2) is 9.59 Å². The predicted molar refractivity (Wildman–Crippen MR) is 151 cm³/mol. The number of likely N-dealkylation sites (tertiary alicyclic amines) is 1. The maximum absolute atomic E-state index is 13.1. The number of ether oxygens (including phenoxy) is 4. The van der Waals surface area contributed by atoms with Crippen molar-refractivity contribution in [3.63, 3.8) is 0 Å². The third-order valence-corrected chi connectivity index (χ3v) is 6.50. The quantitative estimate of drug-likeness (QED) is 0.137. The number of amides is 3. The Morgan fingerprint density at radius 1 is 0.930 bits per heavy atom. The Morgan fingerprint density at radius 3 is 2.09 bits per heavy atom. The molecule has 1 heterocycles. The minimum Gasteiger partial charge on any atom is -0.497 e. The van der Waals surface area contributed by atoms with Crippen molar-refractivity contribution in [1.29, 1.82) is 0 Å². The highest BCUT2D eigenvalue weighted by molar-refractivity contribution is 6.45. The molecule has 0 radical (unpaired) electrons. The van der Waals surface area contributed by atoms with Crippen molar-refractivity contribution in [2.24, 2.45) is 5.16 Å². The summed E-state index contributed by atoms with van der Waals surface area (Å²) in [6, 6.07) is 10.3. The van der Waals surface area contributed by atoms with Gasteiger partial charge in [0.05, 0.1) is 34.5 Å². The first-order valence-electron chi connectivity index (χ1n) is 13.2. The molecule has 1 aliphatic heterocycles. The van der Waals surface area contributed by atoms with Crippen LogP contribution in [0.1, 0.15) is 30.5 Å². The van der Waals surface area contributed by atoms with E-state index in [0.717, 1.165) is 0 Å². The molecule has 1 saturated heterocycles. The van der Waals surface area contributed by atoms with Gasteiger partial charge in [-0.15, -0.1) is 0 Å². The molecule has 3 unspecified atom stereocenters. The second kappa shape index (κ2) is 15.2. The molecule has 0 spiro atoms. The van der Waals surface area contributed by atoms with E-state index in [1.807, 2.05) is 0 Å². The molecule has 0 bridgehead atoms. The predicted octanol–water partition coefficient (Wildman–Crippen LogP) is 0.734. The molecule has 0 aromatic heterocycles. The average Bonchev–Trinajstić information content (AvgIpc) is 3.02. The van der Waals surface area contributed by atoms with E-state index in [0.29, 0.717) is 22.6 Å². The summed E-state index contributed by atoms with van der Waals surface area (Å²) in [7, 11) is 5.26. The lowest BCUT2D eigenvalue weighted by Crippen LogP contribution is -2.66. The Kier molecular flexibility index (Phi) is 11.4. The van der Waals surface area contributed by atoms with Gasteiger partial charge >= 0.3 is 11.9 Å². The average molecular weight is 599 g/mol. The van der Waals surface area contributed by atoms with Crippen LogP contribution in [-0.2, 0) is 38.3 Å². The first kappa shape index (κ1) is 32.4. The number of nitrogens with one attached hydrogen (secondary N) is 2. The fraction of sp³-hybridized carbons (Fsp3) is 0.379. The van der Waals surface area contributed by atoms with Gasteiger partial charge in [0.2, 0.25) is 11.8 Å². The Morgan fingerprint density at radius 2 is 1.56 bits per heavy atom. The van der Waals surface area contributed by atoms with Crippen molar-refractivity contribution in [3.8, 4) is 11.5 Å². The monoisotopic (exact) mass is 598 g/mol. The topological polar surface area (TPSA) is 171 Å². The Hall–Kier alpha value is -5.14. The summed E-state index contributed by atoms with van der Waals surface area (Å²) < 4.78 is 20.4. The molecule has 3 amide bonds. The zero-order valence-corrected chi connectivity index (χ0v) is 24.4. The number of methoxy groups -OCH3 is 3. The van der Waals surface area contributed by atoms with Gasteiger partial charge in [0.1, 0.15) is 30.7 Å². The summed E-state index contributed by atoms with van der Waals surface area (Å²) in [6.45, 7) is 1.46. The first-order chi connectivity index (χ1) is 20.6. The number of oxime groups is 1. The van der Waals surface area contributed by atoms with E-state index in [1.54, 1.807) is 48.5 Å². The molecule has 1 fully saturated rings. The van der Waals surface area contributed by atoms with Crippen molar-refractivity contribution in [2.75, 3.05) is 41.6 Å². The lowest BCUT2D eigenvalue weighted by Gasteiger charge is -2.42. The minimum absolute atomic E-state index is 0.0640. The lowest BCUT2D eigenvalue weighted by molar-refractivity contribution is -0.161. The number of benzene rings is 2. The molecule has 2 aromatic carbocycles. The van der Waals surface area contributed by atoms with Crippen LogP contribution in [0.15, 0.2) is 53.7 Å². The summed E-state index contributed by atoms with van der Waals surface area (Å²) >= 11 is 0. The molecular weight excluding hydrogens is 564 g/mol. The van der Waals surface area contributed by atoms with E-state index < -0.39 is 41.9 Å². The highest BCUT2D eigenvalue weighted by atomic mass is 16.6. The maximum atomic E-state index is 13.1. The normalized spacial score (nSPS) is 15.7. The van der Waals surface area contributed by atoms with Crippen LogP contribution in [-0.4, -0.2) is 93.9 Å². The zero-order valence-electron chi connectivity index (χ0n) is 24.4. The van der Waals surface area contributed by atoms with Gasteiger partial charge in [-0.2, -0.15) is 0 Å². The van der Waals surface area contributed by atoms with Crippen LogP contribution in [0.25, 0.3) is 0 Å². The number of carbonyl (C=O) groups excluding carboxylic acids is 5. The van der Waals surface area contributed by atoms with Gasteiger partial charge in [-0.05, 0) is 42.0 Å². The maximum Gasteiger partial charge on any atom is 0.333 e. The van der Waals surface area contributed by atoms with Crippen LogP contribution in [0, 0.1) is 0 Å². The third kappa shape index (κ3) is 8.21. The molecule has 0 saturated carbocycles. The van der Waals surface area contributed by atoms with Gasteiger partial charge < -0.3 is 39.3 Å². The van der Waals surface area contributed by atoms with Crippen molar-refractivity contribution >= 4 is 35.4 Å². The number of carbonyl (C=O) groups is 5. The van der Waals surface area contributed by atoms with Gasteiger partial charge in [0.15, 0.2) is 11.8 Å². The summed E-state index contributed by atoms with van der Waals surface area (Å²) in [5, 5.41) is 8.96. The molecule has 14 nitrogen and oxygen atoms in total. The SMILES string of the molecule is CON=C(C(=O)NC1CN(C(C(=O)OC)c2ccc(OC)cc2)C1=O)c1ccc(OCCC(NC(C)=O)C(=O)OC)cc1. The van der Waals surface area contributed by atoms with E-state index in [-0.39, 0.29) is 31.2 Å². The van der Waals surface area contributed by atoms with E-state index in [1.165, 1.54) is 40.3 Å². The van der Waals surface area contributed by atoms with Crippen LogP contribution in [0.3, 0.4) is 0 Å². The second-order valence-corrected chi connectivity index (χ2v) is 9.28. The number of hydrogen-bond acceptors (Lipinski definition) is 11. The Labute approximate surface area is 248 Å². The number of nitrogens with zero attached hydrogens (tertiary/aromatic N) is 2. The standard InChI is InChI=1S/C29H34N4O10/c1-17(34)30-22(28(37)40-3)14-15-43-21-12-6-18(7-13-21)24(32-42-5)26(35)31-23-16-33(27(23)36)25(29(38)41-4)19-8-10-20(39-2)11-9-19/h6-13,22-23,25H,14-16H2,1-5H3,(H,30,34)(H,31,35). The number of rotatable bonds is 14. The van der Waals surface area contributed by atoms with Crippen molar-refractivity contribution in [3.05, 3.63) is 59.7 Å². The van der Waals surface area contributed by atoms with Gasteiger partial charge in [0, 0.05) is 18.9 Å². The van der Waals surface area contributed by atoms with E-state index >= 15 is 0 Å². The number of hydrogen-bond donors (Lipinski definition) is 2. The fourth-order valence-corrected chi connectivity index (χ4v) is 4.32. The minimum atomic E-state index is -0.989. The number of β-lactam (4-membered cyclic amide) rings is 1. The summed E-state index contributed by atoms with van der Waals surface area (Å²) in [5.41, 5.74) is 0.828. The Balaban J connectivity index is 1.62. The summed E-state index contributed by atoms with van der Waals surface area (Å²) in [5.74, 6) is -1.69. The highest BCUT2D eigenvalue weighted by Crippen LogP contribution is 2.29. The molecule has 0 aliphatic carbocycles. The molecule has 230 valence electrons. The summed E-state index contributed by atoms with van der Waals surface area (Å²) in [4.78, 5) is 68.0. The molecule has 3 rings (SSSR count). The van der Waals surface area contributed by atoms with Gasteiger partial charge in [-0.3, -0.25) is 14.4 Å². The smallest absolute Gasteiger partial charge is 0.333 e. The van der Waals surface area contributed by atoms with Crippen LogP contribution in [0.5, 0.6) is 11.5 Å². The van der Waals surface area contributed by atoms with E-state index in [2.05, 4.69) is 15.8 Å². The lowest BCUT2D eigenvalue weighted by atomic mass is 9.97. The summed E-state index contributed by atoms with van der Waals surface area (Å²) in [6.07, 6.45) is 0.175. The van der Waals surface area contributed by atoms with Gasteiger partial charge in [0.25, 0.3) is 5.91 Å². The van der Waals surface area contributed by atoms with Crippen LogP contribution >= 0.6 is 0 Å². The third-order valence-electron chi connectivity index (χ3n) is 6.50. The number of esters is 2. The largest absolute Gasteiger partial charge is 0.497 e. The van der Waals surface area contributed by atoms with E-state index in [4.69, 9.17) is 23.8 Å². The molecule has 2 N–H and O–H groups in total. The Bertz CT molecular complexity index is 1340.